The lowest BCUT2D eigenvalue weighted by Gasteiger charge is -2.33. The lowest BCUT2D eigenvalue weighted by molar-refractivity contribution is 0.0741. The van der Waals surface area contributed by atoms with Crippen LogP contribution in [0.1, 0.15) is 39.4 Å². The zero-order valence-electron chi connectivity index (χ0n) is 15.6. The topological polar surface area (TPSA) is 70.5 Å². The van der Waals surface area contributed by atoms with Crippen molar-refractivity contribution >= 4 is 11.8 Å². The van der Waals surface area contributed by atoms with Crippen LogP contribution in [0.25, 0.3) is 0 Å². The van der Waals surface area contributed by atoms with Crippen LogP contribution in [-0.2, 0) is 13.1 Å². The van der Waals surface area contributed by atoms with E-state index in [2.05, 4.69) is 39.6 Å². The molecule has 2 amide bonds. The lowest BCUT2D eigenvalue weighted by atomic mass is 10.0. The molecule has 142 valence electrons. The highest BCUT2D eigenvalue weighted by atomic mass is 16.2. The van der Waals surface area contributed by atoms with Crippen LogP contribution in [0.4, 0.5) is 0 Å². The zero-order chi connectivity index (χ0) is 18.8. The Morgan fingerprint density at radius 3 is 2.85 bits per heavy atom. The van der Waals surface area contributed by atoms with E-state index >= 15 is 0 Å². The Labute approximate surface area is 158 Å². The first-order chi connectivity index (χ1) is 13.1. The number of rotatable bonds is 4. The Kier molecular flexibility index (Phi) is 4.94. The fourth-order valence-corrected chi connectivity index (χ4v) is 3.83. The predicted octanol–water partition coefficient (Wildman–Crippen LogP) is 1.36. The van der Waals surface area contributed by atoms with Crippen molar-refractivity contribution in [2.24, 2.45) is 0 Å². The fraction of sp³-hybridized carbons (Fsp3) is 0.450. The summed E-state index contributed by atoms with van der Waals surface area (Å²) in [5, 5.41) is 7.44. The Hall–Kier alpha value is -2.67. The van der Waals surface area contributed by atoms with Gasteiger partial charge in [-0.2, -0.15) is 5.10 Å². The van der Waals surface area contributed by atoms with E-state index in [9.17, 15) is 9.59 Å². The maximum Gasteiger partial charge on any atom is 0.272 e. The van der Waals surface area contributed by atoms with E-state index in [1.165, 1.54) is 5.56 Å². The summed E-state index contributed by atoms with van der Waals surface area (Å²) in [6.07, 6.45) is 2.02. The van der Waals surface area contributed by atoms with Gasteiger partial charge in [0.15, 0.2) is 5.69 Å². The minimum Gasteiger partial charge on any atom is -0.347 e. The van der Waals surface area contributed by atoms with E-state index in [0.29, 0.717) is 24.5 Å². The number of hydrogen-bond acceptors (Lipinski definition) is 4. The van der Waals surface area contributed by atoms with Gasteiger partial charge in [-0.3, -0.25) is 19.2 Å². The second-order valence-corrected chi connectivity index (χ2v) is 7.40. The standard InChI is InChI=1S/C20H25N5O2/c1-23-10-11-25-18(20(23)27)12-17(22-25)19(26)21-16-8-5-9-24(14-16)13-15-6-3-2-4-7-15/h2-4,6-7,12,16H,5,8-11,13-14H2,1H3,(H,21,26). The van der Waals surface area contributed by atoms with Crippen molar-refractivity contribution in [2.75, 3.05) is 26.7 Å². The number of carbonyl (C=O) groups excluding carboxylic acids is 2. The third-order valence-electron chi connectivity index (χ3n) is 5.32. The number of likely N-dealkylation sites (tertiary alicyclic amines) is 1. The first-order valence-corrected chi connectivity index (χ1v) is 9.50. The van der Waals surface area contributed by atoms with E-state index < -0.39 is 0 Å². The van der Waals surface area contributed by atoms with Crippen molar-refractivity contribution in [1.29, 1.82) is 0 Å². The van der Waals surface area contributed by atoms with Gasteiger partial charge in [-0.25, -0.2) is 0 Å². The molecule has 1 saturated heterocycles. The van der Waals surface area contributed by atoms with E-state index in [-0.39, 0.29) is 17.9 Å². The number of nitrogens with zero attached hydrogens (tertiary/aromatic N) is 4. The molecule has 3 heterocycles. The molecule has 1 fully saturated rings. The molecule has 27 heavy (non-hydrogen) atoms. The van der Waals surface area contributed by atoms with Crippen LogP contribution in [0, 0.1) is 0 Å². The Morgan fingerprint density at radius 1 is 1.22 bits per heavy atom. The second kappa shape index (κ2) is 7.52. The molecule has 1 unspecified atom stereocenters. The minimum absolute atomic E-state index is 0.0838. The monoisotopic (exact) mass is 367 g/mol. The zero-order valence-corrected chi connectivity index (χ0v) is 15.6. The molecule has 2 aromatic rings. The van der Waals surface area contributed by atoms with Gasteiger partial charge in [0.2, 0.25) is 0 Å². The smallest absolute Gasteiger partial charge is 0.272 e. The number of aromatic nitrogens is 2. The number of hydrogen-bond donors (Lipinski definition) is 1. The Balaban J connectivity index is 1.38. The lowest BCUT2D eigenvalue weighted by Crippen LogP contribution is -2.47. The summed E-state index contributed by atoms with van der Waals surface area (Å²) in [5.41, 5.74) is 2.10. The molecule has 2 aliphatic heterocycles. The number of fused-ring (bicyclic) bond motifs is 1. The van der Waals surface area contributed by atoms with Crippen LogP contribution >= 0.6 is 0 Å². The van der Waals surface area contributed by atoms with Crippen LogP contribution < -0.4 is 5.32 Å². The molecular formula is C20H25N5O2. The average Bonchev–Trinajstić information content (AvgIpc) is 3.11. The summed E-state index contributed by atoms with van der Waals surface area (Å²) in [6, 6.07) is 12.1. The Morgan fingerprint density at radius 2 is 2.04 bits per heavy atom. The van der Waals surface area contributed by atoms with Crippen molar-refractivity contribution in [2.45, 2.75) is 32.0 Å². The summed E-state index contributed by atoms with van der Waals surface area (Å²) in [6.45, 7) is 4.01. The summed E-state index contributed by atoms with van der Waals surface area (Å²) < 4.78 is 1.64. The number of piperidine rings is 1. The molecular weight excluding hydrogens is 342 g/mol. The molecule has 1 N–H and O–H groups in total. The first kappa shape index (κ1) is 17.7. The average molecular weight is 367 g/mol. The largest absolute Gasteiger partial charge is 0.347 e. The molecule has 4 rings (SSSR count). The number of nitrogens with one attached hydrogen (secondary N) is 1. The molecule has 0 spiro atoms. The van der Waals surface area contributed by atoms with E-state index in [1.807, 2.05) is 6.07 Å². The van der Waals surface area contributed by atoms with Gasteiger partial charge in [0.1, 0.15) is 5.69 Å². The molecule has 0 bridgehead atoms. The number of benzene rings is 1. The van der Waals surface area contributed by atoms with Gasteiger partial charge >= 0.3 is 0 Å². The fourth-order valence-electron chi connectivity index (χ4n) is 3.83. The van der Waals surface area contributed by atoms with Gasteiger partial charge in [0, 0.05) is 38.8 Å². The van der Waals surface area contributed by atoms with E-state index in [0.717, 1.165) is 32.5 Å². The van der Waals surface area contributed by atoms with Crippen LogP contribution in [0.15, 0.2) is 36.4 Å². The van der Waals surface area contributed by atoms with Crippen molar-refractivity contribution in [3.8, 4) is 0 Å². The quantitative estimate of drug-likeness (QED) is 0.886. The molecule has 0 aliphatic carbocycles. The normalized spacial score (nSPS) is 20.4. The maximum absolute atomic E-state index is 12.7. The third kappa shape index (κ3) is 3.88. The number of likely N-dealkylation sites (N-methyl/N-ethyl adjacent to an activating group) is 1. The highest BCUT2D eigenvalue weighted by Crippen LogP contribution is 2.16. The van der Waals surface area contributed by atoms with Gasteiger partial charge in [-0.15, -0.1) is 0 Å². The number of carbonyl (C=O) groups is 2. The van der Waals surface area contributed by atoms with Gasteiger partial charge in [-0.05, 0) is 24.9 Å². The van der Waals surface area contributed by atoms with Crippen molar-refractivity contribution in [1.82, 2.24) is 24.9 Å². The molecule has 0 radical (unpaired) electrons. The molecule has 7 heteroatoms. The molecule has 1 aromatic carbocycles. The summed E-state index contributed by atoms with van der Waals surface area (Å²) in [4.78, 5) is 28.9. The van der Waals surface area contributed by atoms with Crippen molar-refractivity contribution < 1.29 is 9.59 Å². The Bertz CT molecular complexity index is 832. The summed E-state index contributed by atoms with van der Waals surface area (Å²) in [7, 11) is 1.77. The van der Waals surface area contributed by atoms with Crippen molar-refractivity contribution in [3.63, 3.8) is 0 Å². The highest BCUT2D eigenvalue weighted by Gasteiger charge is 2.27. The van der Waals surface area contributed by atoms with Gasteiger partial charge in [-0.1, -0.05) is 30.3 Å². The predicted molar refractivity (Wildman–Crippen MR) is 101 cm³/mol. The second-order valence-electron chi connectivity index (χ2n) is 7.40. The highest BCUT2D eigenvalue weighted by molar-refractivity contribution is 5.98. The van der Waals surface area contributed by atoms with Gasteiger partial charge in [0.05, 0.1) is 6.54 Å². The molecule has 2 aliphatic rings. The number of amides is 2. The third-order valence-corrected chi connectivity index (χ3v) is 5.32. The molecule has 1 atom stereocenters. The SMILES string of the molecule is CN1CCn2nc(C(=O)NC3CCCN(Cc4ccccc4)C3)cc2C1=O. The van der Waals surface area contributed by atoms with E-state index in [1.54, 1.807) is 22.7 Å². The summed E-state index contributed by atoms with van der Waals surface area (Å²) in [5.74, 6) is -0.279. The van der Waals surface area contributed by atoms with Crippen LogP contribution in [0.3, 0.4) is 0 Å². The minimum atomic E-state index is -0.195. The molecule has 1 aromatic heterocycles. The van der Waals surface area contributed by atoms with Gasteiger partial charge < -0.3 is 10.2 Å². The first-order valence-electron chi connectivity index (χ1n) is 9.50. The summed E-state index contributed by atoms with van der Waals surface area (Å²) >= 11 is 0. The van der Waals surface area contributed by atoms with Crippen LogP contribution in [0.2, 0.25) is 0 Å². The van der Waals surface area contributed by atoms with Gasteiger partial charge in [0.25, 0.3) is 11.8 Å². The van der Waals surface area contributed by atoms with E-state index in [4.69, 9.17) is 0 Å². The maximum atomic E-state index is 12.7. The molecule has 7 nitrogen and oxygen atoms in total. The molecule has 0 saturated carbocycles. The van der Waals surface area contributed by atoms with Crippen LogP contribution in [-0.4, -0.2) is 64.1 Å². The van der Waals surface area contributed by atoms with Crippen molar-refractivity contribution in [3.05, 3.63) is 53.3 Å². The van der Waals surface area contributed by atoms with Crippen LogP contribution in [0.5, 0.6) is 0 Å².